The minimum atomic E-state index is -0.480. The molecule has 0 saturated carbocycles. The number of benzene rings is 1. The van der Waals surface area contributed by atoms with E-state index in [4.69, 9.17) is 5.73 Å². The molecule has 30 heavy (non-hydrogen) atoms. The van der Waals surface area contributed by atoms with Crippen molar-refractivity contribution in [1.29, 1.82) is 0 Å². The lowest BCUT2D eigenvalue weighted by molar-refractivity contribution is -0.119. The molecule has 1 unspecified atom stereocenters. The Morgan fingerprint density at radius 3 is 2.67 bits per heavy atom. The highest BCUT2D eigenvalue weighted by atomic mass is 32.1. The van der Waals surface area contributed by atoms with E-state index in [1.54, 1.807) is 18.3 Å². The number of hydrogen-bond donors (Lipinski definition) is 2. The zero-order valence-electron chi connectivity index (χ0n) is 16.2. The van der Waals surface area contributed by atoms with Gasteiger partial charge in [-0.05, 0) is 17.7 Å². The zero-order valence-corrected chi connectivity index (χ0v) is 17.8. The van der Waals surface area contributed by atoms with Gasteiger partial charge < -0.3 is 16.0 Å². The second-order valence-corrected chi connectivity index (χ2v) is 8.65. The Labute approximate surface area is 181 Å². The molecule has 2 aromatic heterocycles. The highest BCUT2D eigenvalue weighted by molar-refractivity contribution is 7.13. The van der Waals surface area contributed by atoms with E-state index >= 15 is 0 Å². The number of halogens is 1. The largest absolute Gasteiger partial charge is 0.368 e. The molecule has 0 radical (unpaired) electrons. The maximum absolute atomic E-state index is 13.0. The van der Waals surface area contributed by atoms with Crippen molar-refractivity contribution in [1.82, 2.24) is 19.2 Å². The first-order chi connectivity index (χ1) is 14.6. The van der Waals surface area contributed by atoms with E-state index in [-0.39, 0.29) is 11.7 Å². The summed E-state index contributed by atoms with van der Waals surface area (Å²) < 4.78 is 17.5. The van der Waals surface area contributed by atoms with Gasteiger partial charge in [-0.25, -0.2) is 14.4 Å². The monoisotopic (exact) mass is 447 g/mol. The van der Waals surface area contributed by atoms with Crippen LogP contribution < -0.4 is 16.0 Å². The number of rotatable bonds is 8. The molecule has 0 spiro atoms. The van der Waals surface area contributed by atoms with Crippen LogP contribution in [0.4, 0.5) is 14.7 Å². The molecule has 8 nitrogen and oxygen atoms in total. The first-order valence-corrected chi connectivity index (χ1v) is 11.2. The van der Waals surface area contributed by atoms with Crippen LogP contribution in [0.5, 0.6) is 0 Å². The van der Waals surface area contributed by atoms with Crippen LogP contribution in [0.25, 0.3) is 0 Å². The van der Waals surface area contributed by atoms with Gasteiger partial charge in [0.15, 0.2) is 5.13 Å². The molecule has 4 rings (SSSR count). The molecular formula is C19H22FN7OS2. The second-order valence-electron chi connectivity index (χ2n) is 7.02. The number of hydrogen-bond acceptors (Lipinski definition) is 9. The van der Waals surface area contributed by atoms with Gasteiger partial charge >= 0.3 is 0 Å². The number of carbonyl (C=O) groups excluding carboxylic acids is 1. The maximum Gasteiger partial charge on any atom is 0.241 e. The number of thiazole rings is 1. The Hall–Kier alpha value is -2.63. The Morgan fingerprint density at radius 2 is 2.00 bits per heavy atom. The molecule has 0 aliphatic carbocycles. The van der Waals surface area contributed by atoms with Gasteiger partial charge in [-0.3, -0.25) is 9.69 Å². The number of anilines is 2. The lowest BCUT2D eigenvalue weighted by Gasteiger charge is -2.35. The first kappa shape index (κ1) is 20.6. The summed E-state index contributed by atoms with van der Waals surface area (Å²) in [4.78, 5) is 25.0. The van der Waals surface area contributed by atoms with Crippen molar-refractivity contribution >= 4 is 39.0 Å². The Balaban J connectivity index is 1.29. The topological polar surface area (TPSA) is 100 Å². The lowest BCUT2D eigenvalue weighted by Crippen LogP contribution is -2.52. The van der Waals surface area contributed by atoms with E-state index in [0.29, 0.717) is 18.1 Å². The molecular weight excluding hydrogens is 425 g/mol. The number of nitrogens with zero attached hydrogens (tertiary/aromatic N) is 5. The summed E-state index contributed by atoms with van der Waals surface area (Å²) in [5.41, 5.74) is 6.55. The summed E-state index contributed by atoms with van der Waals surface area (Å²) in [6.45, 7) is 3.74. The van der Waals surface area contributed by atoms with Gasteiger partial charge in [0, 0.05) is 62.3 Å². The fourth-order valence-corrected chi connectivity index (χ4v) is 4.58. The third kappa shape index (κ3) is 5.29. The smallest absolute Gasteiger partial charge is 0.241 e. The summed E-state index contributed by atoms with van der Waals surface area (Å²) in [6, 6.07) is 5.93. The molecule has 3 aromatic rings. The number of aromatic nitrogens is 3. The number of nitrogens with two attached hydrogens (primary N) is 1. The summed E-state index contributed by atoms with van der Waals surface area (Å²) >= 11 is 2.82. The van der Waals surface area contributed by atoms with Crippen LogP contribution in [-0.2, 0) is 11.2 Å². The third-order valence-electron chi connectivity index (χ3n) is 4.89. The van der Waals surface area contributed by atoms with Crippen LogP contribution in [0.15, 0.2) is 35.8 Å². The van der Waals surface area contributed by atoms with Gasteiger partial charge in [0.1, 0.15) is 17.7 Å². The number of piperazine rings is 1. The minimum Gasteiger partial charge on any atom is -0.368 e. The summed E-state index contributed by atoms with van der Waals surface area (Å²) in [7, 11) is 0. The molecule has 1 aliphatic heterocycles. The van der Waals surface area contributed by atoms with E-state index in [0.717, 1.165) is 42.7 Å². The van der Waals surface area contributed by atoms with Gasteiger partial charge in [0.05, 0.1) is 0 Å². The van der Waals surface area contributed by atoms with Crippen LogP contribution in [0.1, 0.15) is 11.4 Å². The molecule has 3 heterocycles. The number of primary amides is 1. The standard InChI is InChI=1S/C19H22FN7OS2/c20-14-3-1-13(2-4-14)11-16-24-19(30-25-16)27-8-6-26(7-9-27)12-15(17(21)28)23-18-22-5-10-29-18/h1-5,10,15H,6-9,11-12H2,(H2,21,28)(H,22,23). The van der Waals surface area contributed by atoms with Crippen molar-refractivity contribution in [2.24, 2.45) is 5.73 Å². The normalized spacial score (nSPS) is 15.8. The highest BCUT2D eigenvalue weighted by Crippen LogP contribution is 2.21. The number of amides is 1. The van der Waals surface area contributed by atoms with E-state index in [2.05, 4.69) is 29.5 Å². The molecule has 1 fully saturated rings. The summed E-state index contributed by atoms with van der Waals surface area (Å²) in [5, 5.41) is 6.55. The Bertz CT molecular complexity index is 956. The third-order valence-corrected chi connectivity index (χ3v) is 6.41. The van der Waals surface area contributed by atoms with E-state index in [9.17, 15) is 9.18 Å². The molecule has 1 saturated heterocycles. The first-order valence-electron chi connectivity index (χ1n) is 9.56. The van der Waals surface area contributed by atoms with Crippen molar-refractivity contribution < 1.29 is 9.18 Å². The van der Waals surface area contributed by atoms with Gasteiger partial charge in [0.25, 0.3) is 0 Å². The predicted octanol–water partition coefficient (Wildman–Crippen LogP) is 1.81. The molecule has 3 N–H and O–H groups in total. The molecule has 1 aromatic carbocycles. The van der Waals surface area contributed by atoms with Crippen LogP contribution in [-0.4, -0.2) is 63.9 Å². The second kappa shape index (κ2) is 9.45. The molecule has 1 aliphatic rings. The van der Waals surface area contributed by atoms with Crippen molar-refractivity contribution in [2.45, 2.75) is 12.5 Å². The molecule has 11 heteroatoms. The van der Waals surface area contributed by atoms with E-state index in [1.807, 2.05) is 5.38 Å². The molecule has 0 bridgehead atoms. The van der Waals surface area contributed by atoms with Gasteiger partial charge in [0.2, 0.25) is 11.0 Å². The van der Waals surface area contributed by atoms with Gasteiger partial charge in [-0.15, -0.1) is 11.3 Å². The fourth-order valence-electron chi connectivity index (χ4n) is 3.26. The van der Waals surface area contributed by atoms with Crippen molar-refractivity contribution in [2.75, 3.05) is 42.9 Å². The summed E-state index contributed by atoms with van der Waals surface area (Å²) in [6.07, 6.45) is 2.27. The van der Waals surface area contributed by atoms with Crippen LogP contribution in [0.2, 0.25) is 0 Å². The Morgan fingerprint density at radius 1 is 1.23 bits per heavy atom. The number of carbonyl (C=O) groups is 1. The molecule has 1 amide bonds. The minimum absolute atomic E-state index is 0.246. The van der Waals surface area contributed by atoms with E-state index in [1.165, 1.54) is 35.0 Å². The average molecular weight is 448 g/mol. The highest BCUT2D eigenvalue weighted by Gasteiger charge is 2.25. The number of nitrogens with one attached hydrogen (secondary N) is 1. The Kier molecular flexibility index (Phi) is 6.50. The maximum atomic E-state index is 13.0. The van der Waals surface area contributed by atoms with Crippen molar-refractivity contribution in [3.8, 4) is 0 Å². The van der Waals surface area contributed by atoms with Gasteiger partial charge in [-0.2, -0.15) is 4.37 Å². The van der Waals surface area contributed by atoms with Crippen molar-refractivity contribution in [3.05, 3.63) is 53.0 Å². The molecule has 158 valence electrons. The SMILES string of the molecule is NC(=O)C(CN1CCN(c2nc(Cc3ccc(F)cc3)ns2)CC1)Nc1nccs1. The fraction of sp³-hybridized carbons (Fsp3) is 0.368. The van der Waals surface area contributed by atoms with E-state index < -0.39 is 6.04 Å². The van der Waals surface area contributed by atoms with Gasteiger partial charge in [-0.1, -0.05) is 12.1 Å². The lowest BCUT2D eigenvalue weighted by atomic mass is 10.1. The van der Waals surface area contributed by atoms with Crippen molar-refractivity contribution in [3.63, 3.8) is 0 Å². The quantitative estimate of drug-likeness (QED) is 0.543. The summed E-state index contributed by atoms with van der Waals surface area (Å²) in [5.74, 6) is 0.108. The van der Waals surface area contributed by atoms with Crippen LogP contribution >= 0.6 is 22.9 Å². The zero-order chi connectivity index (χ0) is 20.9. The average Bonchev–Trinajstić information content (AvgIpc) is 3.42. The molecule has 1 atom stereocenters. The predicted molar refractivity (Wildman–Crippen MR) is 116 cm³/mol. The van der Waals surface area contributed by atoms with Crippen LogP contribution in [0.3, 0.4) is 0 Å². The van der Waals surface area contributed by atoms with Crippen LogP contribution in [0, 0.1) is 5.82 Å².